The van der Waals surface area contributed by atoms with Crippen LogP contribution in [0.4, 0.5) is 0 Å². The molecule has 0 fully saturated rings. The summed E-state index contributed by atoms with van der Waals surface area (Å²) in [7, 11) is 0. The van der Waals surface area contributed by atoms with Crippen molar-refractivity contribution in [2.45, 2.75) is 26.0 Å². The van der Waals surface area contributed by atoms with Crippen LogP contribution in [-0.4, -0.2) is 18.3 Å². The van der Waals surface area contributed by atoms with Gasteiger partial charge in [0.05, 0.1) is 18.8 Å². The topological polar surface area (TPSA) is 54.6 Å². The fourth-order valence-corrected chi connectivity index (χ4v) is 3.22. The summed E-state index contributed by atoms with van der Waals surface area (Å²) in [6.07, 6.45) is -0.507. The van der Waals surface area contributed by atoms with Crippen LogP contribution in [-0.2, 0) is 0 Å². The summed E-state index contributed by atoms with van der Waals surface area (Å²) in [4.78, 5) is 0. The van der Waals surface area contributed by atoms with Gasteiger partial charge in [0.1, 0.15) is 5.76 Å². The average Bonchev–Trinajstić information content (AvgIpc) is 3.22. The Morgan fingerprint density at radius 2 is 2.22 bits per heavy atom. The summed E-state index contributed by atoms with van der Waals surface area (Å²) < 4.78 is 11.6. The molecule has 0 radical (unpaired) electrons. The number of hydrogen-bond donors (Lipinski definition) is 2. The Morgan fingerprint density at radius 3 is 2.96 bits per heavy atom. The van der Waals surface area contributed by atoms with Crippen LogP contribution in [0.2, 0.25) is 0 Å². The minimum Gasteiger partial charge on any atom is -0.490 e. The third-order valence-electron chi connectivity index (χ3n) is 3.80. The molecule has 1 aromatic carbocycles. The number of hydrogen-bond acceptors (Lipinski definition) is 5. The van der Waals surface area contributed by atoms with Gasteiger partial charge in [0, 0.05) is 11.9 Å². The van der Waals surface area contributed by atoms with Crippen LogP contribution in [0.3, 0.4) is 0 Å². The van der Waals surface area contributed by atoms with Gasteiger partial charge in [-0.25, -0.2) is 0 Å². The molecule has 0 aliphatic heterocycles. The smallest absolute Gasteiger partial charge is 0.176 e. The van der Waals surface area contributed by atoms with Gasteiger partial charge in [0.25, 0.3) is 0 Å². The number of aliphatic hydroxyl groups excluding tert-OH is 1. The number of ether oxygens (including phenoxy) is 1. The molecule has 122 valence electrons. The highest BCUT2D eigenvalue weighted by molar-refractivity contribution is 7.07. The molecule has 0 bridgehead atoms. The lowest BCUT2D eigenvalue weighted by Crippen LogP contribution is -2.24. The molecule has 23 heavy (non-hydrogen) atoms. The van der Waals surface area contributed by atoms with Gasteiger partial charge < -0.3 is 19.6 Å². The Bertz CT molecular complexity index is 751. The number of thiophene rings is 1. The summed E-state index contributed by atoms with van der Waals surface area (Å²) in [6.45, 7) is 5.07. The number of fused-ring (bicyclic) bond motifs is 1. The molecule has 0 aliphatic rings. The van der Waals surface area contributed by atoms with Gasteiger partial charge in [-0.3, -0.25) is 0 Å². The van der Waals surface area contributed by atoms with Crippen molar-refractivity contribution in [3.8, 4) is 5.75 Å². The van der Waals surface area contributed by atoms with Gasteiger partial charge in [-0.1, -0.05) is 12.1 Å². The molecule has 2 atom stereocenters. The van der Waals surface area contributed by atoms with Gasteiger partial charge >= 0.3 is 0 Å². The average molecular weight is 331 g/mol. The quantitative estimate of drug-likeness (QED) is 0.678. The summed E-state index contributed by atoms with van der Waals surface area (Å²) in [5.41, 5.74) is 1.72. The number of furan rings is 1. The van der Waals surface area contributed by atoms with Crippen molar-refractivity contribution in [2.75, 3.05) is 13.2 Å². The number of nitrogens with one attached hydrogen (secondary N) is 1. The Kier molecular flexibility index (Phi) is 5.00. The van der Waals surface area contributed by atoms with Gasteiger partial charge in [0.2, 0.25) is 0 Å². The van der Waals surface area contributed by atoms with E-state index in [4.69, 9.17) is 9.15 Å². The summed E-state index contributed by atoms with van der Waals surface area (Å²) in [5, 5.41) is 18.4. The van der Waals surface area contributed by atoms with E-state index in [1.54, 1.807) is 11.3 Å². The second-order valence-electron chi connectivity index (χ2n) is 5.46. The molecule has 2 N–H and O–H groups in total. The van der Waals surface area contributed by atoms with Crippen LogP contribution in [0, 0.1) is 0 Å². The molecule has 4 nitrogen and oxygen atoms in total. The molecular formula is C18H21NO3S. The van der Waals surface area contributed by atoms with Crippen LogP contribution < -0.4 is 10.1 Å². The van der Waals surface area contributed by atoms with Crippen molar-refractivity contribution in [1.29, 1.82) is 0 Å². The van der Waals surface area contributed by atoms with Gasteiger partial charge in [-0.05, 0) is 48.4 Å². The second-order valence-corrected chi connectivity index (χ2v) is 6.24. The van der Waals surface area contributed by atoms with Crippen molar-refractivity contribution < 1.29 is 14.3 Å². The highest BCUT2D eigenvalue weighted by atomic mass is 32.1. The third kappa shape index (κ3) is 3.58. The predicted octanol–water partition coefficient (Wildman–Crippen LogP) is 4.28. The highest BCUT2D eigenvalue weighted by Crippen LogP contribution is 2.31. The maximum atomic E-state index is 10.2. The van der Waals surface area contributed by atoms with E-state index in [2.05, 4.69) is 5.32 Å². The van der Waals surface area contributed by atoms with E-state index >= 15 is 0 Å². The largest absolute Gasteiger partial charge is 0.490 e. The number of para-hydroxylation sites is 1. The molecule has 0 aliphatic carbocycles. The van der Waals surface area contributed by atoms with Crippen LogP contribution in [0.1, 0.15) is 37.3 Å². The predicted molar refractivity (Wildman–Crippen MR) is 93.1 cm³/mol. The fraction of sp³-hybridized carbons (Fsp3) is 0.333. The Balaban J connectivity index is 1.71. The highest BCUT2D eigenvalue weighted by Gasteiger charge is 2.16. The lowest BCUT2D eigenvalue weighted by Gasteiger charge is -2.14. The molecule has 2 aromatic heterocycles. The van der Waals surface area contributed by atoms with Crippen LogP contribution >= 0.6 is 11.3 Å². The molecule has 0 spiro atoms. The fourth-order valence-electron chi connectivity index (χ4n) is 2.51. The van der Waals surface area contributed by atoms with Gasteiger partial charge in [-0.2, -0.15) is 11.3 Å². The van der Waals surface area contributed by atoms with E-state index in [9.17, 15) is 5.11 Å². The summed E-state index contributed by atoms with van der Waals surface area (Å²) in [6, 6.07) is 9.86. The minimum atomic E-state index is -0.507. The Labute approximate surface area is 139 Å². The lowest BCUT2D eigenvalue weighted by atomic mass is 10.1. The lowest BCUT2D eigenvalue weighted by molar-refractivity contribution is 0.169. The van der Waals surface area contributed by atoms with E-state index in [1.807, 2.05) is 54.9 Å². The van der Waals surface area contributed by atoms with Crippen molar-refractivity contribution in [3.63, 3.8) is 0 Å². The van der Waals surface area contributed by atoms with Crippen molar-refractivity contribution in [2.24, 2.45) is 0 Å². The summed E-state index contributed by atoms with van der Waals surface area (Å²) in [5.74, 6) is 1.60. The van der Waals surface area contributed by atoms with Gasteiger partial charge in [0.15, 0.2) is 11.3 Å². The maximum absolute atomic E-state index is 10.2. The second kappa shape index (κ2) is 7.17. The first kappa shape index (κ1) is 16.1. The molecule has 0 saturated heterocycles. The van der Waals surface area contributed by atoms with E-state index in [1.165, 1.54) is 0 Å². The molecule has 0 amide bonds. The zero-order valence-corrected chi connectivity index (χ0v) is 14.1. The van der Waals surface area contributed by atoms with Crippen LogP contribution in [0.25, 0.3) is 11.0 Å². The zero-order valence-electron chi connectivity index (χ0n) is 13.3. The van der Waals surface area contributed by atoms with Crippen molar-refractivity contribution >= 4 is 22.3 Å². The van der Waals surface area contributed by atoms with Crippen LogP contribution in [0.5, 0.6) is 5.75 Å². The molecule has 3 rings (SSSR count). The SMILES string of the molecule is CCOc1cccc2cc(C(C)NCC(O)c3ccsc3)oc12. The van der Waals surface area contributed by atoms with E-state index < -0.39 is 6.10 Å². The van der Waals surface area contributed by atoms with E-state index in [0.29, 0.717) is 13.2 Å². The molecule has 2 unspecified atom stereocenters. The normalized spacial score (nSPS) is 14.0. The molecule has 2 heterocycles. The number of rotatable bonds is 7. The third-order valence-corrected chi connectivity index (χ3v) is 4.50. The first-order chi connectivity index (χ1) is 11.2. The summed E-state index contributed by atoms with van der Waals surface area (Å²) >= 11 is 1.59. The first-order valence-electron chi connectivity index (χ1n) is 7.77. The van der Waals surface area contributed by atoms with Crippen LogP contribution in [0.15, 0.2) is 45.5 Å². The first-order valence-corrected chi connectivity index (χ1v) is 8.72. The van der Waals surface area contributed by atoms with Crippen molar-refractivity contribution in [1.82, 2.24) is 5.32 Å². The zero-order chi connectivity index (χ0) is 16.2. The maximum Gasteiger partial charge on any atom is 0.176 e. The van der Waals surface area contributed by atoms with E-state index in [-0.39, 0.29) is 6.04 Å². The molecule has 0 saturated carbocycles. The monoisotopic (exact) mass is 331 g/mol. The van der Waals surface area contributed by atoms with Gasteiger partial charge in [-0.15, -0.1) is 0 Å². The minimum absolute atomic E-state index is 0.00478. The molecular weight excluding hydrogens is 310 g/mol. The van der Waals surface area contributed by atoms with E-state index in [0.717, 1.165) is 28.0 Å². The number of benzene rings is 1. The number of aliphatic hydroxyl groups is 1. The molecule has 5 heteroatoms. The Hall–Kier alpha value is -1.82. The molecule has 3 aromatic rings. The Morgan fingerprint density at radius 1 is 1.35 bits per heavy atom. The standard InChI is InChI=1S/C18H21NO3S/c1-3-21-16-6-4-5-13-9-17(22-18(13)16)12(2)19-10-15(20)14-7-8-23-11-14/h4-9,11-12,15,19-20H,3,10H2,1-2H3. The van der Waals surface area contributed by atoms with Crippen molar-refractivity contribution in [3.05, 3.63) is 52.4 Å².